The number of aliphatic hydroxyl groups is 1. The molecule has 2 aliphatic rings. The lowest BCUT2D eigenvalue weighted by Gasteiger charge is -2.22. The second-order valence-corrected chi connectivity index (χ2v) is 14.1. The number of hydrogen-bond acceptors (Lipinski definition) is 9. The number of anilines is 1. The van der Waals surface area contributed by atoms with Gasteiger partial charge in [-0.15, -0.1) is 10.2 Å². The molecule has 238 valence electrons. The molecule has 8 nitrogen and oxygen atoms in total. The van der Waals surface area contributed by atoms with Gasteiger partial charge >= 0.3 is 5.91 Å². The quantitative estimate of drug-likeness (QED) is 0.0415. The zero-order chi connectivity index (χ0) is 32.4. The fourth-order valence-corrected chi connectivity index (χ4v) is 7.92. The van der Waals surface area contributed by atoms with Crippen molar-refractivity contribution in [1.82, 2.24) is 10.2 Å². The summed E-state index contributed by atoms with van der Waals surface area (Å²) in [6, 6.07) is 16.9. The number of hydrogen-bond donors (Lipinski definition) is 1. The summed E-state index contributed by atoms with van der Waals surface area (Å²) in [5.41, 5.74) is 2.84. The van der Waals surface area contributed by atoms with Gasteiger partial charge in [0.15, 0.2) is 4.34 Å². The maximum absolute atomic E-state index is 13.7. The molecule has 0 saturated carbocycles. The number of carbonyl (C=O) groups excluding carboxylic acids is 2. The number of aliphatic hydroxyl groups excluding tert-OH is 1. The van der Waals surface area contributed by atoms with E-state index in [9.17, 15) is 14.7 Å². The van der Waals surface area contributed by atoms with Gasteiger partial charge in [-0.1, -0.05) is 84.3 Å². The number of nitrogens with zero attached hydrogens (tertiary/aromatic N) is 3. The summed E-state index contributed by atoms with van der Waals surface area (Å²) in [5.74, 6) is 0.0783. The molecule has 46 heavy (non-hydrogen) atoms. The van der Waals surface area contributed by atoms with Crippen molar-refractivity contribution in [3.05, 3.63) is 98.5 Å². The number of Topliss-reactive ketones (excluding diaryl/α,β-unsaturated/α-hetero) is 1. The van der Waals surface area contributed by atoms with Gasteiger partial charge in [0.25, 0.3) is 5.78 Å². The number of halogens is 2. The Kier molecular flexibility index (Phi) is 9.89. The van der Waals surface area contributed by atoms with Crippen molar-refractivity contribution in [1.29, 1.82) is 0 Å². The topological polar surface area (TPSA) is 102 Å². The fraction of sp³-hybridized carbons (Fsp3) is 0.294. The molecule has 2 aliphatic heterocycles. The predicted octanol–water partition coefficient (Wildman–Crippen LogP) is 8.66. The van der Waals surface area contributed by atoms with Crippen molar-refractivity contribution < 1.29 is 24.2 Å². The Morgan fingerprint density at radius 2 is 1.89 bits per heavy atom. The minimum atomic E-state index is -0.936. The van der Waals surface area contributed by atoms with Gasteiger partial charge in [0, 0.05) is 27.8 Å². The van der Waals surface area contributed by atoms with Crippen LogP contribution in [0.15, 0.2) is 70.6 Å². The number of benzene rings is 3. The second kappa shape index (κ2) is 14.0. The van der Waals surface area contributed by atoms with Crippen molar-refractivity contribution >= 4 is 68.9 Å². The maximum atomic E-state index is 13.7. The number of rotatable bonds is 11. The summed E-state index contributed by atoms with van der Waals surface area (Å²) < 4.78 is 12.3. The lowest BCUT2D eigenvalue weighted by atomic mass is 9.94. The number of fused-ring (bicyclic) bond motifs is 1. The van der Waals surface area contributed by atoms with E-state index >= 15 is 0 Å². The first-order chi connectivity index (χ1) is 22.2. The standard InChI is InChI=1S/C34H31Cl2N3O5S2/c1-3-4-5-14-43-25-11-7-20(8-12-25)29-28(30(40)21-9-13-27-23(16-21)15-19(2)44-27)31(41)32(42)39(29)33-37-38-34(46-33)45-18-22-6-10-24(35)17-26(22)36/h6-13,16-17,19,29,40H,3-5,14-15,18H2,1-2H3/b30-28+. The zero-order valence-electron chi connectivity index (χ0n) is 25.2. The van der Waals surface area contributed by atoms with E-state index in [-0.39, 0.29) is 22.6 Å². The van der Waals surface area contributed by atoms with Crippen LogP contribution >= 0.6 is 46.3 Å². The molecule has 3 heterocycles. The Balaban J connectivity index is 1.34. The fourth-order valence-electron chi connectivity index (χ4n) is 5.49. The Labute approximate surface area is 285 Å². The summed E-state index contributed by atoms with van der Waals surface area (Å²) in [6.07, 6.45) is 3.82. The Morgan fingerprint density at radius 3 is 2.65 bits per heavy atom. The van der Waals surface area contributed by atoms with Crippen molar-refractivity contribution in [2.45, 2.75) is 61.8 Å². The van der Waals surface area contributed by atoms with Crippen LogP contribution in [-0.2, 0) is 21.8 Å². The molecule has 2 unspecified atom stereocenters. The Morgan fingerprint density at radius 1 is 1.09 bits per heavy atom. The predicted molar refractivity (Wildman–Crippen MR) is 182 cm³/mol. The van der Waals surface area contributed by atoms with Crippen LogP contribution in [0, 0.1) is 0 Å². The van der Waals surface area contributed by atoms with Crippen LogP contribution in [-0.4, -0.2) is 39.7 Å². The minimum absolute atomic E-state index is 0.0147. The molecular formula is C34H31Cl2N3O5S2. The first-order valence-electron chi connectivity index (χ1n) is 15.0. The highest BCUT2D eigenvalue weighted by atomic mass is 35.5. The summed E-state index contributed by atoms with van der Waals surface area (Å²) in [6.45, 7) is 4.71. The largest absolute Gasteiger partial charge is 0.507 e. The van der Waals surface area contributed by atoms with Gasteiger partial charge in [-0.25, -0.2) is 0 Å². The van der Waals surface area contributed by atoms with Gasteiger partial charge in [-0.2, -0.15) is 0 Å². The van der Waals surface area contributed by atoms with E-state index in [0.29, 0.717) is 50.0 Å². The molecule has 6 rings (SSSR count). The monoisotopic (exact) mass is 695 g/mol. The highest BCUT2D eigenvalue weighted by Gasteiger charge is 2.48. The third-order valence-electron chi connectivity index (χ3n) is 7.79. The molecule has 0 spiro atoms. The molecule has 1 fully saturated rings. The van der Waals surface area contributed by atoms with Crippen LogP contribution in [0.2, 0.25) is 10.0 Å². The molecule has 0 radical (unpaired) electrons. The molecule has 12 heteroatoms. The normalized spacial score (nSPS) is 18.6. The first-order valence-corrected chi connectivity index (χ1v) is 17.5. The lowest BCUT2D eigenvalue weighted by Crippen LogP contribution is -2.29. The van der Waals surface area contributed by atoms with Crippen LogP contribution in [0.3, 0.4) is 0 Å². The van der Waals surface area contributed by atoms with E-state index in [1.165, 1.54) is 28.0 Å². The average Bonchev–Trinajstić information content (AvgIpc) is 3.73. The van der Waals surface area contributed by atoms with E-state index in [1.54, 1.807) is 24.3 Å². The van der Waals surface area contributed by atoms with Crippen LogP contribution in [0.4, 0.5) is 5.13 Å². The van der Waals surface area contributed by atoms with Gasteiger partial charge in [-0.3, -0.25) is 14.5 Å². The summed E-state index contributed by atoms with van der Waals surface area (Å²) in [7, 11) is 0. The van der Waals surface area contributed by atoms with Crippen LogP contribution in [0.5, 0.6) is 11.5 Å². The number of unbranched alkanes of at least 4 members (excludes halogenated alkanes) is 2. The second-order valence-electron chi connectivity index (χ2n) is 11.1. The minimum Gasteiger partial charge on any atom is -0.507 e. The first kappa shape index (κ1) is 32.4. The summed E-state index contributed by atoms with van der Waals surface area (Å²) >= 11 is 15.0. The summed E-state index contributed by atoms with van der Waals surface area (Å²) in [4.78, 5) is 28.7. The molecule has 4 aromatic rings. The lowest BCUT2D eigenvalue weighted by molar-refractivity contribution is -0.132. The van der Waals surface area contributed by atoms with E-state index in [2.05, 4.69) is 17.1 Å². The van der Waals surface area contributed by atoms with Crippen LogP contribution < -0.4 is 14.4 Å². The van der Waals surface area contributed by atoms with Crippen molar-refractivity contribution in [2.24, 2.45) is 0 Å². The molecule has 0 aliphatic carbocycles. The molecule has 1 aromatic heterocycles. The molecule has 2 atom stereocenters. The third kappa shape index (κ3) is 6.76. The van der Waals surface area contributed by atoms with Gasteiger partial charge in [0.05, 0.1) is 18.2 Å². The molecule has 0 bridgehead atoms. The van der Waals surface area contributed by atoms with Crippen molar-refractivity contribution in [2.75, 3.05) is 11.5 Å². The number of ether oxygens (including phenoxy) is 2. The molecule has 1 N–H and O–H groups in total. The van der Waals surface area contributed by atoms with Gasteiger partial charge < -0.3 is 14.6 Å². The highest BCUT2D eigenvalue weighted by Crippen LogP contribution is 2.45. The number of amides is 1. The maximum Gasteiger partial charge on any atom is 0.301 e. The smallest absolute Gasteiger partial charge is 0.301 e. The highest BCUT2D eigenvalue weighted by molar-refractivity contribution is 8.00. The molecule has 3 aromatic carbocycles. The van der Waals surface area contributed by atoms with Crippen molar-refractivity contribution in [3.63, 3.8) is 0 Å². The van der Waals surface area contributed by atoms with E-state index in [0.717, 1.165) is 36.1 Å². The number of thioether (sulfide) groups is 1. The van der Waals surface area contributed by atoms with Crippen molar-refractivity contribution in [3.8, 4) is 11.5 Å². The van der Waals surface area contributed by atoms with E-state index < -0.39 is 17.7 Å². The van der Waals surface area contributed by atoms with Crippen LogP contribution in [0.25, 0.3) is 5.76 Å². The molecular weight excluding hydrogens is 665 g/mol. The van der Waals surface area contributed by atoms with E-state index in [4.69, 9.17) is 32.7 Å². The zero-order valence-corrected chi connectivity index (χ0v) is 28.3. The molecule has 1 saturated heterocycles. The average molecular weight is 697 g/mol. The number of carbonyl (C=O) groups is 2. The van der Waals surface area contributed by atoms with Gasteiger partial charge in [0.2, 0.25) is 5.13 Å². The van der Waals surface area contributed by atoms with E-state index in [1.807, 2.05) is 43.3 Å². The number of ketones is 1. The number of aromatic nitrogens is 2. The Bertz CT molecular complexity index is 1810. The SMILES string of the molecule is CCCCCOc1ccc(C2/C(=C(\O)c3ccc4c(c3)CC(C)O4)C(=O)C(=O)N2c2nnc(SCc3ccc(Cl)cc3Cl)s2)cc1. The third-order valence-corrected chi connectivity index (χ3v) is 10.5. The summed E-state index contributed by atoms with van der Waals surface area (Å²) in [5, 5.41) is 21.6. The Hall–Kier alpha value is -3.57. The van der Waals surface area contributed by atoms with Crippen LogP contribution in [0.1, 0.15) is 61.4 Å². The van der Waals surface area contributed by atoms with Gasteiger partial charge in [-0.05, 0) is 72.5 Å². The van der Waals surface area contributed by atoms with Gasteiger partial charge in [0.1, 0.15) is 23.4 Å². The molecule has 1 amide bonds.